The van der Waals surface area contributed by atoms with Crippen LogP contribution in [0.15, 0.2) is 53.1 Å². The third-order valence-corrected chi connectivity index (χ3v) is 5.07. The summed E-state index contributed by atoms with van der Waals surface area (Å²) in [5.74, 6) is 0.219. The molecule has 1 aromatic heterocycles. The van der Waals surface area contributed by atoms with Gasteiger partial charge in [0.1, 0.15) is 12.3 Å². The fraction of sp³-hybridized carbons (Fsp3) is 0.238. The van der Waals surface area contributed by atoms with Gasteiger partial charge in [0.05, 0.1) is 19.8 Å². The quantitative estimate of drug-likeness (QED) is 0.541. The van der Waals surface area contributed by atoms with Crippen LogP contribution < -0.4 is 4.74 Å². The van der Waals surface area contributed by atoms with Crippen LogP contribution in [0.25, 0.3) is 10.9 Å². The molecule has 0 aliphatic rings. The van der Waals surface area contributed by atoms with Gasteiger partial charge in [0.15, 0.2) is 0 Å². The molecular formula is C21H21BrN2O4. The third kappa shape index (κ3) is 4.04. The molecule has 0 unspecified atom stereocenters. The first-order valence-electron chi connectivity index (χ1n) is 8.67. The monoisotopic (exact) mass is 444 g/mol. The highest BCUT2D eigenvalue weighted by Crippen LogP contribution is 2.25. The van der Waals surface area contributed by atoms with Gasteiger partial charge in [-0.1, -0.05) is 34.1 Å². The first kappa shape index (κ1) is 19.9. The number of para-hydroxylation sites is 1. The number of fused-ring (bicyclic) bond motifs is 1. The van der Waals surface area contributed by atoms with Crippen LogP contribution >= 0.6 is 15.9 Å². The number of ether oxygens (including phenoxy) is 2. The SMILES string of the molecule is COC(=O)c1cn(CC(=O)N(C)Cc2cc(Br)ccc2OC)c2ccccc12. The van der Waals surface area contributed by atoms with Gasteiger partial charge in [0.25, 0.3) is 0 Å². The number of benzene rings is 2. The average Bonchev–Trinajstić information content (AvgIpc) is 3.06. The molecule has 146 valence electrons. The minimum absolute atomic E-state index is 0.0841. The van der Waals surface area contributed by atoms with E-state index in [1.54, 1.807) is 29.8 Å². The standard InChI is InChI=1S/C21H21BrN2O4/c1-23(11-14-10-15(22)8-9-19(14)27-2)20(25)13-24-12-17(21(26)28-3)16-6-4-5-7-18(16)24/h4-10,12H,11,13H2,1-3H3. The summed E-state index contributed by atoms with van der Waals surface area (Å²) in [5, 5.41) is 0.762. The zero-order valence-electron chi connectivity index (χ0n) is 15.9. The fourth-order valence-electron chi connectivity index (χ4n) is 3.13. The summed E-state index contributed by atoms with van der Waals surface area (Å²) >= 11 is 3.45. The maximum absolute atomic E-state index is 12.8. The van der Waals surface area contributed by atoms with Gasteiger partial charge in [-0.15, -0.1) is 0 Å². The van der Waals surface area contributed by atoms with Gasteiger partial charge >= 0.3 is 5.97 Å². The third-order valence-electron chi connectivity index (χ3n) is 4.58. The van der Waals surface area contributed by atoms with Crippen molar-refractivity contribution >= 4 is 38.7 Å². The van der Waals surface area contributed by atoms with Gasteiger partial charge in [-0.3, -0.25) is 4.79 Å². The molecule has 0 aliphatic heterocycles. The molecule has 0 aliphatic carbocycles. The van der Waals surface area contributed by atoms with Gasteiger partial charge in [-0.2, -0.15) is 0 Å². The summed E-state index contributed by atoms with van der Waals surface area (Å²) < 4.78 is 12.9. The number of methoxy groups -OCH3 is 2. The number of hydrogen-bond acceptors (Lipinski definition) is 4. The van der Waals surface area contributed by atoms with Gasteiger partial charge in [-0.05, 0) is 24.3 Å². The fourth-order valence-corrected chi connectivity index (χ4v) is 3.54. The molecule has 28 heavy (non-hydrogen) atoms. The molecule has 3 aromatic rings. The number of nitrogens with zero attached hydrogens (tertiary/aromatic N) is 2. The lowest BCUT2D eigenvalue weighted by molar-refractivity contribution is -0.131. The second-order valence-corrected chi connectivity index (χ2v) is 7.30. The first-order valence-corrected chi connectivity index (χ1v) is 9.46. The number of carbonyl (C=O) groups is 2. The van der Waals surface area contributed by atoms with Crippen LogP contribution in [0.3, 0.4) is 0 Å². The molecular weight excluding hydrogens is 424 g/mol. The van der Waals surface area contributed by atoms with Crippen LogP contribution in [0.4, 0.5) is 0 Å². The molecule has 0 saturated carbocycles. The maximum Gasteiger partial charge on any atom is 0.340 e. The van der Waals surface area contributed by atoms with E-state index in [4.69, 9.17) is 9.47 Å². The number of likely N-dealkylation sites (N-methyl/N-ethyl adjacent to an activating group) is 1. The van der Waals surface area contributed by atoms with Crippen molar-refractivity contribution in [2.75, 3.05) is 21.3 Å². The predicted molar refractivity (Wildman–Crippen MR) is 110 cm³/mol. The zero-order valence-corrected chi connectivity index (χ0v) is 17.5. The van der Waals surface area contributed by atoms with E-state index in [-0.39, 0.29) is 12.5 Å². The van der Waals surface area contributed by atoms with Crippen molar-refractivity contribution in [2.45, 2.75) is 13.1 Å². The molecule has 0 atom stereocenters. The molecule has 2 aromatic carbocycles. The number of aromatic nitrogens is 1. The highest BCUT2D eigenvalue weighted by molar-refractivity contribution is 9.10. The molecule has 0 saturated heterocycles. The summed E-state index contributed by atoms with van der Waals surface area (Å²) in [7, 11) is 4.70. The smallest absolute Gasteiger partial charge is 0.340 e. The molecule has 1 amide bonds. The molecule has 0 radical (unpaired) electrons. The Bertz CT molecular complexity index is 1030. The lowest BCUT2D eigenvalue weighted by Gasteiger charge is -2.19. The Morgan fingerprint density at radius 2 is 1.89 bits per heavy atom. The van der Waals surface area contributed by atoms with Crippen LogP contribution in [-0.2, 0) is 22.6 Å². The Morgan fingerprint density at radius 3 is 2.61 bits per heavy atom. The summed E-state index contributed by atoms with van der Waals surface area (Å²) in [5.41, 5.74) is 2.16. The molecule has 0 fully saturated rings. The van der Waals surface area contributed by atoms with Gasteiger partial charge in [-0.25, -0.2) is 4.79 Å². The number of hydrogen-bond donors (Lipinski definition) is 0. The molecule has 6 nitrogen and oxygen atoms in total. The van der Waals surface area contributed by atoms with E-state index in [1.807, 2.05) is 42.5 Å². The molecule has 0 N–H and O–H groups in total. The highest BCUT2D eigenvalue weighted by Gasteiger charge is 2.18. The second kappa shape index (κ2) is 8.48. The predicted octanol–water partition coefficient (Wildman–Crippen LogP) is 3.86. The van der Waals surface area contributed by atoms with Gasteiger partial charge in [0, 0.05) is 40.7 Å². The van der Waals surface area contributed by atoms with E-state index in [2.05, 4.69) is 15.9 Å². The van der Waals surface area contributed by atoms with Crippen LogP contribution in [0.2, 0.25) is 0 Å². The lowest BCUT2D eigenvalue weighted by atomic mass is 10.2. The van der Waals surface area contributed by atoms with E-state index < -0.39 is 5.97 Å². The van der Waals surface area contributed by atoms with Crippen molar-refractivity contribution < 1.29 is 19.1 Å². The van der Waals surface area contributed by atoms with Crippen molar-refractivity contribution in [2.24, 2.45) is 0 Å². The maximum atomic E-state index is 12.8. The topological polar surface area (TPSA) is 60.8 Å². The summed E-state index contributed by atoms with van der Waals surface area (Å²) in [6.45, 7) is 0.523. The Balaban J connectivity index is 1.83. The van der Waals surface area contributed by atoms with E-state index in [1.165, 1.54) is 7.11 Å². The molecule has 1 heterocycles. The van der Waals surface area contributed by atoms with Crippen LogP contribution in [0.1, 0.15) is 15.9 Å². The molecule has 0 spiro atoms. The number of halogens is 1. The average molecular weight is 445 g/mol. The minimum Gasteiger partial charge on any atom is -0.496 e. The van der Waals surface area contributed by atoms with Crippen molar-refractivity contribution in [1.29, 1.82) is 0 Å². The molecule has 3 rings (SSSR count). The molecule has 0 bridgehead atoms. The summed E-state index contributed by atoms with van der Waals surface area (Å²) in [6.07, 6.45) is 1.67. The van der Waals surface area contributed by atoms with Crippen molar-refractivity contribution in [3.05, 3.63) is 64.3 Å². The largest absolute Gasteiger partial charge is 0.496 e. The van der Waals surface area contributed by atoms with Gasteiger partial charge < -0.3 is 18.9 Å². The van der Waals surface area contributed by atoms with Crippen LogP contribution in [0.5, 0.6) is 5.75 Å². The normalized spacial score (nSPS) is 10.7. The minimum atomic E-state index is -0.422. The van der Waals surface area contributed by atoms with Crippen molar-refractivity contribution in [3.8, 4) is 5.75 Å². The zero-order chi connectivity index (χ0) is 20.3. The lowest BCUT2D eigenvalue weighted by Crippen LogP contribution is -2.29. The number of carbonyl (C=O) groups excluding carboxylic acids is 2. The Labute approximate surface area is 171 Å². The first-order chi connectivity index (χ1) is 13.4. The van der Waals surface area contributed by atoms with Gasteiger partial charge in [0.2, 0.25) is 5.91 Å². The second-order valence-electron chi connectivity index (χ2n) is 6.39. The number of esters is 1. The van der Waals surface area contributed by atoms with E-state index in [0.29, 0.717) is 12.1 Å². The highest BCUT2D eigenvalue weighted by atomic mass is 79.9. The van der Waals surface area contributed by atoms with E-state index >= 15 is 0 Å². The van der Waals surface area contributed by atoms with E-state index in [9.17, 15) is 9.59 Å². The number of rotatable bonds is 6. The Morgan fingerprint density at radius 1 is 1.14 bits per heavy atom. The van der Waals surface area contributed by atoms with E-state index in [0.717, 1.165) is 26.7 Å². The number of amides is 1. The van der Waals surface area contributed by atoms with Crippen molar-refractivity contribution in [1.82, 2.24) is 9.47 Å². The molecule has 7 heteroatoms. The van der Waals surface area contributed by atoms with Crippen LogP contribution in [-0.4, -0.2) is 42.6 Å². The summed E-state index contributed by atoms with van der Waals surface area (Å²) in [6, 6.07) is 13.1. The summed E-state index contributed by atoms with van der Waals surface area (Å²) in [4.78, 5) is 26.5. The Kier molecular flexibility index (Phi) is 6.04. The van der Waals surface area contributed by atoms with Crippen LogP contribution in [0, 0.1) is 0 Å². The van der Waals surface area contributed by atoms with Crippen molar-refractivity contribution in [3.63, 3.8) is 0 Å². The Hall–Kier alpha value is -2.80.